The van der Waals surface area contributed by atoms with Crippen molar-refractivity contribution in [3.8, 4) is 0 Å². The Hall–Kier alpha value is -3.34. The van der Waals surface area contributed by atoms with Crippen LogP contribution in [0.2, 0.25) is 0 Å². The highest BCUT2D eigenvalue weighted by Crippen LogP contribution is 2.26. The smallest absolute Gasteiger partial charge is 0.318 e. The second-order valence-electron chi connectivity index (χ2n) is 5.91. The highest BCUT2D eigenvalue weighted by molar-refractivity contribution is 5.98. The number of hydrogen-bond acceptors (Lipinski definition) is 3. The third-order valence-corrected chi connectivity index (χ3v) is 4.09. The number of carbonyl (C=O) groups is 2. The first kappa shape index (κ1) is 18.5. The van der Waals surface area contributed by atoms with E-state index in [0.29, 0.717) is 0 Å². The summed E-state index contributed by atoms with van der Waals surface area (Å²) in [4.78, 5) is 24.8. The molecule has 0 aliphatic carbocycles. The minimum atomic E-state index is -1.13. The number of hydrogen-bond donors (Lipinski definition) is 0. The van der Waals surface area contributed by atoms with Crippen LogP contribution in [0.5, 0.6) is 0 Å². The van der Waals surface area contributed by atoms with Crippen LogP contribution >= 0.6 is 0 Å². The molecule has 136 valence electrons. The van der Waals surface area contributed by atoms with Gasteiger partial charge in [-0.1, -0.05) is 60.7 Å². The number of ether oxygens (including phenoxy) is 1. The van der Waals surface area contributed by atoms with E-state index in [1.54, 1.807) is 24.3 Å². The van der Waals surface area contributed by atoms with Crippen molar-refractivity contribution in [2.24, 2.45) is 0 Å². The molecule has 0 aliphatic heterocycles. The summed E-state index contributed by atoms with van der Waals surface area (Å²) in [6, 6.07) is 20.9. The summed E-state index contributed by atoms with van der Waals surface area (Å²) in [6.45, 7) is -0.555. The predicted molar refractivity (Wildman–Crippen MR) is 96.4 cm³/mol. The average molecular weight is 366 g/mol. The van der Waals surface area contributed by atoms with Gasteiger partial charge in [-0.2, -0.15) is 0 Å². The molecule has 0 radical (unpaired) electrons. The molecule has 0 fully saturated rings. The maximum absolute atomic E-state index is 13.3. The van der Waals surface area contributed by atoms with Gasteiger partial charge >= 0.3 is 5.97 Å². The van der Waals surface area contributed by atoms with Crippen molar-refractivity contribution < 1.29 is 23.1 Å². The Balaban J connectivity index is 1.77. The maximum atomic E-state index is 13.3. The Kier molecular flexibility index (Phi) is 5.71. The summed E-state index contributed by atoms with van der Waals surface area (Å²) < 4.78 is 31.5. The Morgan fingerprint density at radius 3 is 1.85 bits per heavy atom. The number of rotatable bonds is 6. The third-order valence-electron chi connectivity index (χ3n) is 4.09. The molecule has 0 bridgehead atoms. The maximum Gasteiger partial charge on any atom is 0.318 e. The Labute approximate surface area is 155 Å². The summed E-state index contributed by atoms with van der Waals surface area (Å²) in [7, 11) is 0. The Bertz CT molecular complexity index is 901. The number of halogens is 2. The molecular weight excluding hydrogens is 350 g/mol. The number of carbonyl (C=O) groups excluding carboxylic acids is 2. The zero-order valence-electron chi connectivity index (χ0n) is 14.3. The molecule has 27 heavy (non-hydrogen) atoms. The zero-order valence-corrected chi connectivity index (χ0v) is 14.3. The number of benzene rings is 3. The first-order valence-corrected chi connectivity index (χ1v) is 8.31. The third kappa shape index (κ3) is 4.44. The number of esters is 1. The molecule has 0 heterocycles. The van der Waals surface area contributed by atoms with Gasteiger partial charge in [0.05, 0.1) is 0 Å². The molecule has 3 aromatic carbocycles. The molecule has 0 amide bonds. The first-order valence-electron chi connectivity index (χ1n) is 8.31. The van der Waals surface area contributed by atoms with Gasteiger partial charge < -0.3 is 4.74 Å². The first-order chi connectivity index (χ1) is 13.1. The van der Waals surface area contributed by atoms with E-state index in [1.165, 1.54) is 0 Å². The molecule has 0 unspecified atom stereocenters. The van der Waals surface area contributed by atoms with Crippen LogP contribution in [-0.4, -0.2) is 18.4 Å². The van der Waals surface area contributed by atoms with Crippen molar-refractivity contribution in [2.75, 3.05) is 6.61 Å². The minimum Gasteiger partial charge on any atom is -0.457 e. The van der Waals surface area contributed by atoms with Gasteiger partial charge in [-0.05, 0) is 29.3 Å². The monoisotopic (exact) mass is 366 g/mol. The van der Waals surface area contributed by atoms with Crippen LogP contribution in [-0.2, 0) is 9.53 Å². The minimum absolute atomic E-state index is 0.0577. The Morgan fingerprint density at radius 1 is 0.778 bits per heavy atom. The molecule has 0 aromatic heterocycles. The molecule has 0 spiro atoms. The lowest BCUT2D eigenvalue weighted by Gasteiger charge is -2.17. The molecule has 3 rings (SSSR count). The standard InChI is InChI=1S/C22H16F2O3/c23-18-12-11-17(13-19(18)24)20(25)14-27-22(26)21(15-7-3-1-4-8-15)16-9-5-2-6-10-16/h1-13,21H,14H2. The van der Waals surface area contributed by atoms with E-state index in [0.717, 1.165) is 29.3 Å². The van der Waals surface area contributed by atoms with Gasteiger partial charge in [0.25, 0.3) is 0 Å². The second kappa shape index (κ2) is 8.36. The van der Waals surface area contributed by atoms with E-state index in [4.69, 9.17) is 4.74 Å². The molecule has 0 saturated heterocycles. The van der Waals surface area contributed by atoms with E-state index in [9.17, 15) is 18.4 Å². The van der Waals surface area contributed by atoms with Crippen molar-refractivity contribution in [1.82, 2.24) is 0 Å². The number of Topliss-reactive ketones (excluding diaryl/α,β-unsaturated/α-hetero) is 1. The van der Waals surface area contributed by atoms with Crippen LogP contribution in [0.25, 0.3) is 0 Å². The van der Waals surface area contributed by atoms with Crippen LogP contribution in [0.3, 0.4) is 0 Å². The fraction of sp³-hybridized carbons (Fsp3) is 0.0909. The van der Waals surface area contributed by atoms with Crippen molar-refractivity contribution in [3.05, 3.63) is 107 Å². The van der Waals surface area contributed by atoms with Crippen LogP contribution in [0.1, 0.15) is 27.4 Å². The lowest BCUT2D eigenvalue weighted by molar-refractivity contribution is -0.143. The molecular formula is C22H16F2O3. The molecule has 0 saturated carbocycles. The van der Waals surface area contributed by atoms with E-state index in [2.05, 4.69) is 0 Å². The van der Waals surface area contributed by atoms with Crippen molar-refractivity contribution in [3.63, 3.8) is 0 Å². The quantitative estimate of drug-likeness (QED) is 0.476. The van der Waals surface area contributed by atoms with E-state index < -0.39 is 35.9 Å². The Morgan fingerprint density at radius 2 is 1.33 bits per heavy atom. The van der Waals surface area contributed by atoms with E-state index in [1.807, 2.05) is 36.4 Å². The highest BCUT2D eigenvalue weighted by Gasteiger charge is 2.25. The summed E-state index contributed by atoms with van der Waals surface area (Å²) in [5, 5.41) is 0. The fourth-order valence-corrected chi connectivity index (χ4v) is 2.73. The molecule has 3 aromatic rings. The molecule has 0 N–H and O–H groups in total. The van der Waals surface area contributed by atoms with E-state index >= 15 is 0 Å². The second-order valence-corrected chi connectivity index (χ2v) is 5.91. The van der Waals surface area contributed by atoms with Gasteiger partial charge in [-0.15, -0.1) is 0 Å². The van der Waals surface area contributed by atoms with Crippen molar-refractivity contribution in [2.45, 2.75) is 5.92 Å². The fourth-order valence-electron chi connectivity index (χ4n) is 2.73. The predicted octanol–water partition coefficient (Wildman–Crippen LogP) is 4.52. The number of ketones is 1. The van der Waals surface area contributed by atoms with Gasteiger partial charge in [-0.3, -0.25) is 9.59 Å². The lowest BCUT2D eigenvalue weighted by Crippen LogP contribution is -2.21. The van der Waals surface area contributed by atoms with Crippen molar-refractivity contribution >= 4 is 11.8 Å². The van der Waals surface area contributed by atoms with Crippen molar-refractivity contribution in [1.29, 1.82) is 0 Å². The summed E-state index contributed by atoms with van der Waals surface area (Å²) in [5.74, 6) is -4.06. The van der Waals surface area contributed by atoms with Crippen LogP contribution in [0, 0.1) is 11.6 Å². The zero-order chi connectivity index (χ0) is 19.2. The van der Waals surface area contributed by atoms with Gasteiger partial charge in [0, 0.05) is 5.56 Å². The van der Waals surface area contributed by atoms with Crippen LogP contribution < -0.4 is 0 Å². The van der Waals surface area contributed by atoms with Gasteiger partial charge in [0.1, 0.15) is 5.92 Å². The topological polar surface area (TPSA) is 43.4 Å². The van der Waals surface area contributed by atoms with Crippen LogP contribution in [0.15, 0.2) is 78.9 Å². The lowest BCUT2D eigenvalue weighted by atomic mass is 9.91. The van der Waals surface area contributed by atoms with Gasteiger partial charge in [-0.25, -0.2) is 8.78 Å². The van der Waals surface area contributed by atoms with Gasteiger partial charge in [0.15, 0.2) is 24.0 Å². The molecule has 0 atom stereocenters. The van der Waals surface area contributed by atoms with E-state index in [-0.39, 0.29) is 5.56 Å². The molecule has 3 nitrogen and oxygen atoms in total. The summed E-state index contributed by atoms with van der Waals surface area (Å²) in [6.07, 6.45) is 0. The van der Waals surface area contributed by atoms with Crippen LogP contribution in [0.4, 0.5) is 8.78 Å². The van der Waals surface area contributed by atoms with Gasteiger partial charge in [0.2, 0.25) is 0 Å². The molecule has 5 heteroatoms. The normalized spacial score (nSPS) is 10.6. The summed E-state index contributed by atoms with van der Waals surface area (Å²) in [5.41, 5.74) is 1.40. The summed E-state index contributed by atoms with van der Waals surface area (Å²) >= 11 is 0. The SMILES string of the molecule is O=C(COC(=O)C(c1ccccc1)c1ccccc1)c1ccc(F)c(F)c1. The molecule has 0 aliphatic rings. The average Bonchev–Trinajstić information content (AvgIpc) is 2.70. The largest absolute Gasteiger partial charge is 0.457 e. The highest BCUT2D eigenvalue weighted by atomic mass is 19.2.